The molecule has 2 aliphatic heterocycles. The van der Waals surface area contributed by atoms with Crippen molar-refractivity contribution in [2.45, 2.75) is 12.8 Å². The lowest BCUT2D eigenvalue weighted by Gasteiger charge is -2.51. The Balaban J connectivity index is 0.985. The molecule has 6 atom stereocenters. The number of hydrogen-bond donors (Lipinski definition) is 0. The van der Waals surface area contributed by atoms with Crippen LogP contribution in [0.3, 0.4) is 0 Å². The summed E-state index contributed by atoms with van der Waals surface area (Å²) in [7, 11) is 0. The third kappa shape index (κ3) is 3.04. The Morgan fingerprint density at radius 3 is 1.87 bits per heavy atom. The Morgan fingerprint density at radius 1 is 0.742 bits per heavy atom. The highest BCUT2D eigenvalue weighted by molar-refractivity contribution is 6.06. The molecular formula is C24H29N5O2. The lowest BCUT2D eigenvalue weighted by molar-refractivity contribution is -0.140. The van der Waals surface area contributed by atoms with Gasteiger partial charge in [0.15, 0.2) is 0 Å². The summed E-state index contributed by atoms with van der Waals surface area (Å²) in [6.07, 6.45) is 14.4. The molecule has 7 heteroatoms. The number of unbranched alkanes of at least 4 members (excludes halogenated alkanes) is 1. The molecule has 6 aliphatic rings. The molecule has 31 heavy (non-hydrogen) atoms. The van der Waals surface area contributed by atoms with Crippen LogP contribution in [0.1, 0.15) is 12.8 Å². The molecule has 1 aromatic rings. The standard InChI is InChI=1S/C24H29N5O2/c30-22-20-18-6-7-19(17-5-4-16(17)18)21(20)23(31)29(22)11-2-1-10-27-12-14-28(15-13-27)24-25-8-3-9-26-24/h3-9,16-21H,1-2,10-15H2/t16-,17+,18-,19+,20+,21?/m0/s1. The van der Waals surface area contributed by atoms with Crippen LogP contribution in [0.4, 0.5) is 5.95 Å². The largest absolute Gasteiger partial charge is 0.338 e. The number of carbonyl (C=O) groups is 2. The smallest absolute Gasteiger partial charge is 0.233 e. The maximum atomic E-state index is 13.1. The van der Waals surface area contributed by atoms with E-state index in [9.17, 15) is 9.59 Å². The minimum Gasteiger partial charge on any atom is -0.338 e. The summed E-state index contributed by atoms with van der Waals surface area (Å²) in [5.74, 6) is 2.19. The fourth-order valence-electron chi connectivity index (χ4n) is 6.40. The Bertz CT molecular complexity index is 883. The predicted molar refractivity (Wildman–Crippen MR) is 116 cm³/mol. The number of imide groups is 1. The number of hydrogen-bond acceptors (Lipinski definition) is 6. The van der Waals surface area contributed by atoms with Crippen molar-refractivity contribution in [1.82, 2.24) is 19.8 Å². The zero-order valence-electron chi connectivity index (χ0n) is 17.7. The van der Waals surface area contributed by atoms with Crippen molar-refractivity contribution >= 4 is 17.8 Å². The lowest BCUT2D eigenvalue weighted by Crippen LogP contribution is -2.50. The zero-order chi connectivity index (χ0) is 20.9. The number of anilines is 1. The van der Waals surface area contributed by atoms with Gasteiger partial charge in [-0.3, -0.25) is 19.4 Å². The predicted octanol–water partition coefficient (Wildman–Crippen LogP) is 1.60. The molecule has 0 spiro atoms. The molecule has 3 fully saturated rings. The number of piperazine rings is 1. The van der Waals surface area contributed by atoms with Crippen LogP contribution in [0, 0.1) is 35.5 Å². The van der Waals surface area contributed by atoms with Gasteiger partial charge in [0.2, 0.25) is 17.8 Å². The van der Waals surface area contributed by atoms with Gasteiger partial charge < -0.3 is 4.90 Å². The molecule has 0 radical (unpaired) electrons. The van der Waals surface area contributed by atoms with E-state index in [0.29, 0.717) is 18.4 Å². The second-order valence-electron chi connectivity index (χ2n) is 9.54. The first-order valence-corrected chi connectivity index (χ1v) is 11.7. The first-order valence-electron chi connectivity index (χ1n) is 11.7. The van der Waals surface area contributed by atoms with E-state index in [1.807, 2.05) is 6.07 Å². The number of aromatic nitrogens is 2. The quantitative estimate of drug-likeness (QED) is 0.396. The number of nitrogens with zero attached hydrogens (tertiary/aromatic N) is 5. The molecule has 7 nitrogen and oxygen atoms in total. The SMILES string of the molecule is O=C1C2[C@@H]3C=C[C@@H]([C@H]4C=C[C@H]43)[C@H]2C(=O)N1CCCCN1CCN(c2ncccn2)CC1. The highest BCUT2D eigenvalue weighted by Gasteiger charge is 2.62. The molecule has 2 amide bonds. The second-order valence-corrected chi connectivity index (χ2v) is 9.54. The molecule has 1 unspecified atom stereocenters. The fourth-order valence-corrected chi connectivity index (χ4v) is 6.40. The van der Waals surface area contributed by atoms with E-state index in [4.69, 9.17) is 0 Å². The highest BCUT2D eigenvalue weighted by Crippen LogP contribution is 2.58. The Hall–Kier alpha value is -2.54. The lowest BCUT2D eigenvalue weighted by atomic mass is 9.50. The topological polar surface area (TPSA) is 69.6 Å². The molecule has 0 N–H and O–H groups in total. The summed E-state index contributed by atoms with van der Waals surface area (Å²) < 4.78 is 0. The van der Waals surface area contributed by atoms with Crippen molar-refractivity contribution in [3.8, 4) is 0 Å². The van der Waals surface area contributed by atoms with Crippen LogP contribution in [0.25, 0.3) is 0 Å². The van der Waals surface area contributed by atoms with Gasteiger partial charge in [-0.15, -0.1) is 0 Å². The van der Waals surface area contributed by atoms with Gasteiger partial charge >= 0.3 is 0 Å². The van der Waals surface area contributed by atoms with Gasteiger partial charge in [0.05, 0.1) is 11.8 Å². The van der Waals surface area contributed by atoms with E-state index in [1.54, 1.807) is 17.3 Å². The monoisotopic (exact) mass is 419 g/mol. The molecule has 7 rings (SSSR count). The normalized spacial score (nSPS) is 36.0. The first kappa shape index (κ1) is 19.2. The average Bonchev–Trinajstić information content (AvgIpc) is 3.04. The molecular weight excluding hydrogens is 390 g/mol. The minimum atomic E-state index is -0.109. The van der Waals surface area contributed by atoms with Gasteiger partial charge in [-0.05, 0) is 49.1 Å². The van der Waals surface area contributed by atoms with Crippen LogP contribution >= 0.6 is 0 Å². The van der Waals surface area contributed by atoms with E-state index in [0.717, 1.165) is 51.5 Å². The molecule has 0 aromatic carbocycles. The third-order valence-corrected chi connectivity index (χ3v) is 8.08. The van der Waals surface area contributed by atoms with Gasteiger partial charge in [-0.1, -0.05) is 24.3 Å². The van der Waals surface area contributed by atoms with Crippen molar-refractivity contribution in [1.29, 1.82) is 0 Å². The Kier molecular flexibility index (Phi) is 4.67. The first-order chi connectivity index (χ1) is 15.2. The van der Waals surface area contributed by atoms with Crippen LogP contribution in [0.2, 0.25) is 0 Å². The summed E-state index contributed by atoms with van der Waals surface area (Å²) in [4.78, 5) is 41.2. The number of carbonyl (C=O) groups excluding carboxylic acids is 2. The molecule has 2 saturated heterocycles. The van der Waals surface area contributed by atoms with Crippen LogP contribution in [-0.4, -0.2) is 70.9 Å². The fraction of sp³-hybridized carbons (Fsp3) is 0.583. The van der Waals surface area contributed by atoms with Crippen molar-refractivity contribution in [3.63, 3.8) is 0 Å². The molecule has 2 bridgehead atoms. The molecule has 1 saturated carbocycles. The number of likely N-dealkylation sites (tertiary alicyclic amines) is 1. The number of amides is 2. The number of allylic oxidation sites excluding steroid dienone is 4. The van der Waals surface area contributed by atoms with E-state index >= 15 is 0 Å². The van der Waals surface area contributed by atoms with Crippen molar-refractivity contribution < 1.29 is 9.59 Å². The zero-order valence-corrected chi connectivity index (χ0v) is 17.7. The molecule has 1 aromatic heterocycles. The van der Waals surface area contributed by atoms with Crippen LogP contribution in [0.15, 0.2) is 42.8 Å². The van der Waals surface area contributed by atoms with Crippen molar-refractivity contribution in [2.24, 2.45) is 35.5 Å². The summed E-state index contributed by atoms with van der Waals surface area (Å²) >= 11 is 0. The summed E-state index contributed by atoms with van der Waals surface area (Å²) in [5.41, 5.74) is 0. The highest BCUT2D eigenvalue weighted by atomic mass is 16.2. The van der Waals surface area contributed by atoms with Crippen molar-refractivity contribution in [3.05, 3.63) is 42.8 Å². The van der Waals surface area contributed by atoms with E-state index in [2.05, 4.69) is 44.1 Å². The van der Waals surface area contributed by atoms with E-state index in [-0.39, 0.29) is 35.5 Å². The van der Waals surface area contributed by atoms with Gasteiger partial charge in [0.1, 0.15) is 0 Å². The van der Waals surface area contributed by atoms with E-state index in [1.165, 1.54) is 0 Å². The van der Waals surface area contributed by atoms with Crippen LogP contribution in [0.5, 0.6) is 0 Å². The van der Waals surface area contributed by atoms with Gasteiger partial charge in [0.25, 0.3) is 0 Å². The van der Waals surface area contributed by atoms with Crippen LogP contribution in [-0.2, 0) is 9.59 Å². The Morgan fingerprint density at radius 2 is 1.29 bits per heavy atom. The summed E-state index contributed by atoms with van der Waals surface area (Å²) in [6, 6.07) is 1.84. The summed E-state index contributed by atoms with van der Waals surface area (Å²) in [6.45, 7) is 5.44. The molecule has 3 heterocycles. The summed E-state index contributed by atoms with van der Waals surface area (Å²) in [5, 5.41) is 0. The van der Waals surface area contributed by atoms with Gasteiger partial charge in [-0.2, -0.15) is 0 Å². The average molecular weight is 420 g/mol. The minimum absolute atomic E-state index is 0.0876. The van der Waals surface area contributed by atoms with E-state index < -0.39 is 0 Å². The van der Waals surface area contributed by atoms with Gasteiger partial charge in [0, 0.05) is 45.1 Å². The van der Waals surface area contributed by atoms with Gasteiger partial charge in [-0.25, -0.2) is 9.97 Å². The Labute approximate surface area is 182 Å². The van der Waals surface area contributed by atoms with Crippen LogP contribution < -0.4 is 4.90 Å². The molecule has 162 valence electrons. The maximum Gasteiger partial charge on any atom is 0.233 e. The second kappa shape index (κ2) is 7.55. The van der Waals surface area contributed by atoms with Crippen molar-refractivity contribution in [2.75, 3.05) is 44.2 Å². The maximum absolute atomic E-state index is 13.1. The number of rotatable bonds is 6. The third-order valence-electron chi connectivity index (χ3n) is 8.08. The molecule has 4 aliphatic carbocycles.